The minimum atomic E-state index is 0.252. The molecule has 2 aliphatic rings. The number of carbonyl (C=O) groups excluding carboxylic acids is 1. The Morgan fingerprint density at radius 1 is 1.19 bits per heavy atom. The molecule has 1 aromatic rings. The van der Waals surface area contributed by atoms with Crippen LogP contribution in [0, 0.1) is 0 Å². The quantitative estimate of drug-likeness (QED) is 0.853. The van der Waals surface area contributed by atoms with Crippen molar-refractivity contribution in [1.82, 2.24) is 9.80 Å². The van der Waals surface area contributed by atoms with Crippen molar-refractivity contribution in [2.24, 2.45) is 0 Å². The minimum absolute atomic E-state index is 0.252. The number of rotatable bonds is 3. The van der Waals surface area contributed by atoms with E-state index in [1.807, 2.05) is 6.92 Å². The van der Waals surface area contributed by atoms with Crippen molar-refractivity contribution in [3.8, 4) is 0 Å². The van der Waals surface area contributed by atoms with Crippen molar-refractivity contribution in [3.63, 3.8) is 0 Å². The zero-order valence-electron chi connectivity index (χ0n) is 13.2. The van der Waals surface area contributed by atoms with Crippen LogP contribution in [0.25, 0.3) is 0 Å². The lowest BCUT2D eigenvalue weighted by molar-refractivity contribution is -0.133. The van der Waals surface area contributed by atoms with Gasteiger partial charge in [-0.1, -0.05) is 44.2 Å². The summed E-state index contributed by atoms with van der Waals surface area (Å²) in [5.41, 5.74) is 1.72. The number of fused-ring (bicyclic) bond motifs is 1. The van der Waals surface area contributed by atoms with E-state index in [2.05, 4.69) is 47.1 Å². The molecule has 0 unspecified atom stereocenters. The van der Waals surface area contributed by atoms with E-state index in [9.17, 15) is 4.79 Å². The van der Waals surface area contributed by atoms with E-state index in [0.717, 1.165) is 32.6 Å². The van der Waals surface area contributed by atoms with Gasteiger partial charge in [-0.2, -0.15) is 0 Å². The Hall–Kier alpha value is -1.35. The van der Waals surface area contributed by atoms with Gasteiger partial charge in [-0.25, -0.2) is 0 Å². The summed E-state index contributed by atoms with van der Waals surface area (Å²) in [6, 6.07) is 11.4. The summed E-state index contributed by atoms with van der Waals surface area (Å²) in [6.45, 7) is 8.25. The molecule has 0 aromatic heterocycles. The van der Waals surface area contributed by atoms with Crippen LogP contribution in [-0.2, 0) is 10.2 Å². The lowest BCUT2D eigenvalue weighted by atomic mass is 9.69. The van der Waals surface area contributed by atoms with Crippen LogP contribution in [-0.4, -0.2) is 47.9 Å². The normalized spacial score (nSPS) is 29.4. The zero-order chi connectivity index (χ0) is 14.9. The second-order valence-electron chi connectivity index (χ2n) is 6.36. The SMILES string of the molecule is CCC(=O)N1CC[C@@]2(c3ccccc3)CCN(CC)[C@H]2C1. The molecule has 2 aliphatic heterocycles. The zero-order valence-corrected chi connectivity index (χ0v) is 13.2. The molecule has 2 fully saturated rings. The first kappa shape index (κ1) is 14.6. The van der Waals surface area contributed by atoms with Gasteiger partial charge >= 0.3 is 0 Å². The third-order valence-corrected chi connectivity index (χ3v) is 5.55. The van der Waals surface area contributed by atoms with Gasteiger partial charge in [-0.05, 0) is 31.5 Å². The van der Waals surface area contributed by atoms with Gasteiger partial charge in [0, 0.05) is 31.0 Å². The highest BCUT2D eigenvalue weighted by Gasteiger charge is 2.51. The fourth-order valence-electron chi connectivity index (χ4n) is 4.31. The van der Waals surface area contributed by atoms with Gasteiger partial charge in [0.2, 0.25) is 5.91 Å². The number of hydrogen-bond donors (Lipinski definition) is 0. The molecule has 3 rings (SSSR count). The van der Waals surface area contributed by atoms with Crippen LogP contribution in [0.1, 0.15) is 38.7 Å². The second-order valence-corrected chi connectivity index (χ2v) is 6.36. The smallest absolute Gasteiger partial charge is 0.222 e. The lowest BCUT2D eigenvalue weighted by Gasteiger charge is -2.46. The van der Waals surface area contributed by atoms with Crippen molar-refractivity contribution < 1.29 is 4.79 Å². The monoisotopic (exact) mass is 286 g/mol. The van der Waals surface area contributed by atoms with E-state index in [1.165, 1.54) is 12.0 Å². The molecule has 0 bridgehead atoms. The molecule has 114 valence electrons. The first-order chi connectivity index (χ1) is 10.2. The van der Waals surface area contributed by atoms with Crippen molar-refractivity contribution in [3.05, 3.63) is 35.9 Å². The predicted octanol–water partition coefficient (Wildman–Crippen LogP) is 2.66. The van der Waals surface area contributed by atoms with E-state index in [1.54, 1.807) is 0 Å². The molecule has 0 radical (unpaired) electrons. The molecule has 3 nitrogen and oxygen atoms in total. The van der Waals surface area contributed by atoms with E-state index in [-0.39, 0.29) is 5.41 Å². The molecule has 1 aromatic carbocycles. The Bertz CT molecular complexity index is 501. The molecule has 2 heterocycles. The molecule has 1 amide bonds. The number of carbonyl (C=O) groups is 1. The van der Waals surface area contributed by atoms with Crippen LogP contribution in [0.2, 0.25) is 0 Å². The van der Waals surface area contributed by atoms with Gasteiger partial charge in [0.1, 0.15) is 0 Å². The molecule has 2 atom stereocenters. The molecule has 2 saturated heterocycles. The van der Waals surface area contributed by atoms with E-state index in [4.69, 9.17) is 0 Å². The summed E-state index contributed by atoms with van der Waals surface area (Å²) in [5.74, 6) is 0.305. The minimum Gasteiger partial charge on any atom is -0.341 e. The number of amides is 1. The van der Waals surface area contributed by atoms with Crippen LogP contribution in [0.5, 0.6) is 0 Å². The summed E-state index contributed by atoms with van der Waals surface area (Å²) in [7, 11) is 0. The lowest BCUT2D eigenvalue weighted by Crippen LogP contribution is -2.56. The highest BCUT2D eigenvalue weighted by atomic mass is 16.2. The van der Waals surface area contributed by atoms with Crippen LogP contribution in [0.3, 0.4) is 0 Å². The topological polar surface area (TPSA) is 23.6 Å². The first-order valence-corrected chi connectivity index (χ1v) is 8.28. The highest BCUT2D eigenvalue weighted by Crippen LogP contribution is 2.45. The molecule has 0 aliphatic carbocycles. The molecule has 0 N–H and O–H groups in total. The number of benzene rings is 1. The van der Waals surface area contributed by atoms with E-state index < -0.39 is 0 Å². The molecular weight excluding hydrogens is 260 g/mol. The average Bonchev–Trinajstić information content (AvgIpc) is 2.94. The van der Waals surface area contributed by atoms with Gasteiger partial charge < -0.3 is 4.90 Å². The Morgan fingerprint density at radius 2 is 1.90 bits per heavy atom. The first-order valence-electron chi connectivity index (χ1n) is 8.28. The van der Waals surface area contributed by atoms with Gasteiger partial charge in [-0.3, -0.25) is 9.69 Å². The summed E-state index contributed by atoms with van der Waals surface area (Å²) in [6.07, 6.45) is 2.95. The Morgan fingerprint density at radius 3 is 2.57 bits per heavy atom. The van der Waals surface area contributed by atoms with E-state index >= 15 is 0 Å². The van der Waals surface area contributed by atoms with E-state index in [0.29, 0.717) is 18.4 Å². The summed E-state index contributed by atoms with van der Waals surface area (Å²) >= 11 is 0. The number of likely N-dealkylation sites (N-methyl/N-ethyl adjacent to an activating group) is 1. The molecule has 0 spiro atoms. The Kier molecular flexibility index (Phi) is 4.03. The van der Waals surface area contributed by atoms with Crippen molar-refractivity contribution >= 4 is 5.91 Å². The van der Waals surface area contributed by atoms with Crippen LogP contribution < -0.4 is 0 Å². The number of nitrogens with zero attached hydrogens (tertiary/aromatic N) is 2. The summed E-state index contributed by atoms with van der Waals surface area (Å²) < 4.78 is 0. The van der Waals surface area contributed by atoms with Gasteiger partial charge in [0.05, 0.1) is 0 Å². The second kappa shape index (κ2) is 5.80. The van der Waals surface area contributed by atoms with Crippen molar-refractivity contribution in [1.29, 1.82) is 0 Å². The standard InChI is InChI=1S/C18H26N2O/c1-3-17(21)20-13-11-18(15-8-6-5-7-9-15)10-12-19(4-2)16(18)14-20/h5-9,16H,3-4,10-14H2,1-2H3/t16-,18+/m0/s1. The third-order valence-electron chi connectivity index (χ3n) is 5.55. The predicted molar refractivity (Wildman–Crippen MR) is 85.3 cm³/mol. The Balaban J connectivity index is 1.92. The van der Waals surface area contributed by atoms with Crippen LogP contribution in [0.15, 0.2) is 30.3 Å². The summed E-state index contributed by atoms with van der Waals surface area (Å²) in [4.78, 5) is 16.8. The van der Waals surface area contributed by atoms with Crippen molar-refractivity contribution in [2.75, 3.05) is 26.2 Å². The fraction of sp³-hybridized carbons (Fsp3) is 0.611. The number of likely N-dealkylation sites (tertiary alicyclic amines) is 2. The maximum atomic E-state index is 12.1. The van der Waals surface area contributed by atoms with Crippen LogP contribution >= 0.6 is 0 Å². The summed E-state index contributed by atoms with van der Waals surface area (Å²) in [5, 5.41) is 0. The number of piperidine rings is 1. The van der Waals surface area contributed by atoms with Gasteiger partial charge in [-0.15, -0.1) is 0 Å². The molecular formula is C18H26N2O. The highest BCUT2D eigenvalue weighted by molar-refractivity contribution is 5.76. The average molecular weight is 286 g/mol. The molecule has 21 heavy (non-hydrogen) atoms. The van der Waals surface area contributed by atoms with Gasteiger partial charge in [0.15, 0.2) is 0 Å². The van der Waals surface area contributed by atoms with Crippen LogP contribution in [0.4, 0.5) is 0 Å². The molecule has 0 saturated carbocycles. The molecule has 3 heteroatoms. The Labute approximate surface area is 127 Å². The maximum absolute atomic E-state index is 12.1. The fourth-order valence-corrected chi connectivity index (χ4v) is 4.31. The largest absolute Gasteiger partial charge is 0.341 e. The van der Waals surface area contributed by atoms with Gasteiger partial charge in [0.25, 0.3) is 0 Å². The van der Waals surface area contributed by atoms with Crippen molar-refractivity contribution in [2.45, 2.75) is 44.6 Å². The number of hydrogen-bond acceptors (Lipinski definition) is 2. The maximum Gasteiger partial charge on any atom is 0.222 e. The third kappa shape index (κ3) is 2.38.